The first-order chi connectivity index (χ1) is 14.0. The number of thiazole rings is 1. The van der Waals surface area contributed by atoms with Crippen molar-refractivity contribution in [1.82, 2.24) is 9.88 Å². The first-order valence-electron chi connectivity index (χ1n) is 9.88. The van der Waals surface area contributed by atoms with Crippen LogP contribution in [0.2, 0.25) is 0 Å². The quantitative estimate of drug-likeness (QED) is 0.629. The molecule has 0 atom stereocenters. The number of nitrogens with one attached hydrogen (secondary N) is 1. The monoisotopic (exact) mass is 407 g/mol. The van der Waals surface area contributed by atoms with Crippen LogP contribution in [0.25, 0.3) is 10.6 Å². The molecule has 150 valence electrons. The minimum absolute atomic E-state index is 0.0552. The molecule has 1 aromatic heterocycles. The van der Waals surface area contributed by atoms with Crippen molar-refractivity contribution in [2.75, 3.05) is 18.5 Å². The molecule has 29 heavy (non-hydrogen) atoms. The van der Waals surface area contributed by atoms with Gasteiger partial charge >= 0.3 is 6.03 Å². The summed E-state index contributed by atoms with van der Waals surface area (Å²) in [7, 11) is 0. The number of benzene rings is 2. The van der Waals surface area contributed by atoms with Crippen LogP contribution >= 0.6 is 11.3 Å². The Labute approximate surface area is 175 Å². The fourth-order valence-electron chi connectivity index (χ4n) is 3.42. The molecule has 1 N–H and O–H groups in total. The summed E-state index contributed by atoms with van der Waals surface area (Å²) in [4.78, 5) is 20.6. The Kier molecular flexibility index (Phi) is 5.53. The summed E-state index contributed by atoms with van der Waals surface area (Å²) in [5.41, 5.74) is 5.26. The molecule has 1 aliphatic rings. The van der Waals surface area contributed by atoms with Gasteiger partial charge in [0.25, 0.3) is 0 Å². The van der Waals surface area contributed by atoms with Gasteiger partial charge in [-0.1, -0.05) is 12.1 Å². The first-order valence-corrected chi connectivity index (χ1v) is 10.7. The third-order valence-corrected chi connectivity index (χ3v) is 6.20. The highest BCUT2D eigenvalue weighted by Crippen LogP contribution is 2.32. The highest BCUT2D eigenvalue weighted by Gasteiger charge is 2.24. The van der Waals surface area contributed by atoms with E-state index in [1.165, 1.54) is 0 Å². The van der Waals surface area contributed by atoms with Gasteiger partial charge in [-0.3, -0.25) is 0 Å². The number of aryl methyl sites for hydroxylation is 2. The smallest absolute Gasteiger partial charge is 0.322 e. The average molecular weight is 408 g/mol. The summed E-state index contributed by atoms with van der Waals surface area (Å²) in [6.45, 7) is 7.95. The van der Waals surface area contributed by atoms with Crippen molar-refractivity contribution < 1.29 is 9.53 Å². The van der Waals surface area contributed by atoms with Crippen LogP contribution in [0.4, 0.5) is 10.5 Å². The van der Waals surface area contributed by atoms with E-state index in [-0.39, 0.29) is 6.03 Å². The van der Waals surface area contributed by atoms with E-state index in [0.29, 0.717) is 19.7 Å². The average Bonchev–Trinajstić information content (AvgIpc) is 3.15. The lowest BCUT2D eigenvalue weighted by Crippen LogP contribution is -2.38. The van der Waals surface area contributed by atoms with Crippen LogP contribution in [0.15, 0.2) is 42.5 Å². The van der Waals surface area contributed by atoms with E-state index in [0.717, 1.165) is 50.1 Å². The number of anilines is 1. The van der Waals surface area contributed by atoms with Crippen molar-refractivity contribution in [2.24, 2.45) is 0 Å². The van der Waals surface area contributed by atoms with Crippen molar-refractivity contribution in [2.45, 2.75) is 33.7 Å². The van der Waals surface area contributed by atoms with E-state index in [1.54, 1.807) is 11.3 Å². The lowest BCUT2D eigenvalue weighted by atomic mass is 10.1. The number of hydrogen-bond acceptors (Lipinski definition) is 4. The Morgan fingerprint density at radius 3 is 2.76 bits per heavy atom. The summed E-state index contributed by atoms with van der Waals surface area (Å²) < 4.78 is 5.51. The number of fused-ring (bicyclic) bond motifs is 1. The summed E-state index contributed by atoms with van der Waals surface area (Å²) in [5, 5.41) is 4.06. The molecule has 0 radical (unpaired) electrons. The number of hydrogen-bond donors (Lipinski definition) is 1. The molecular weight excluding hydrogens is 382 g/mol. The van der Waals surface area contributed by atoms with Gasteiger partial charge in [0.05, 0.1) is 18.8 Å². The molecule has 0 bridgehead atoms. The number of urea groups is 1. The van der Waals surface area contributed by atoms with Gasteiger partial charge in [-0.05, 0) is 62.2 Å². The Bertz CT molecular complexity index is 1030. The van der Waals surface area contributed by atoms with E-state index >= 15 is 0 Å². The zero-order valence-corrected chi connectivity index (χ0v) is 17.8. The number of carbonyl (C=O) groups excluding carboxylic acids is 1. The van der Waals surface area contributed by atoms with E-state index in [1.807, 2.05) is 62.1 Å². The maximum absolute atomic E-state index is 12.8. The van der Waals surface area contributed by atoms with Crippen molar-refractivity contribution in [3.63, 3.8) is 0 Å². The topological polar surface area (TPSA) is 54.5 Å². The SMILES string of the molecule is CCOc1ccc(-c2nc3c(s2)CN(C(=O)Nc2cc(C)ccc2C)CC3)cc1. The Morgan fingerprint density at radius 1 is 1.21 bits per heavy atom. The van der Waals surface area contributed by atoms with Gasteiger partial charge in [-0.2, -0.15) is 0 Å². The molecule has 4 rings (SSSR count). The van der Waals surface area contributed by atoms with Crippen LogP contribution < -0.4 is 10.1 Å². The molecule has 2 aromatic carbocycles. The Balaban J connectivity index is 1.47. The maximum atomic E-state index is 12.8. The van der Waals surface area contributed by atoms with Crippen LogP contribution in [0.3, 0.4) is 0 Å². The zero-order valence-electron chi connectivity index (χ0n) is 17.0. The molecule has 0 spiro atoms. The lowest BCUT2D eigenvalue weighted by molar-refractivity contribution is 0.207. The minimum atomic E-state index is -0.0552. The molecule has 0 saturated carbocycles. The fourth-order valence-corrected chi connectivity index (χ4v) is 4.55. The summed E-state index contributed by atoms with van der Waals surface area (Å²) in [5.74, 6) is 0.867. The van der Waals surface area contributed by atoms with Crippen LogP contribution in [-0.2, 0) is 13.0 Å². The largest absolute Gasteiger partial charge is 0.494 e. The van der Waals surface area contributed by atoms with E-state index in [9.17, 15) is 4.79 Å². The summed E-state index contributed by atoms with van der Waals surface area (Å²) in [6, 6.07) is 14.1. The Morgan fingerprint density at radius 2 is 2.00 bits per heavy atom. The molecule has 2 amide bonds. The normalized spacial score (nSPS) is 13.1. The second kappa shape index (κ2) is 8.25. The molecule has 2 heterocycles. The molecule has 3 aromatic rings. The number of carbonyl (C=O) groups is 1. The van der Waals surface area contributed by atoms with Gasteiger partial charge in [0.1, 0.15) is 10.8 Å². The number of ether oxygens (including phenoxy) is 1. The van der Waals surface area contributed by atoms with Crippen molar-refractivity contribution in [3.05, 3.63) is 64.2 Å². The second-order valence-corrected chi connectivity index (χ2v) is 8.35. The van der Waals surface area contributed by atoms with Gasteiger partial charge in [0, 0.05) is 29.1 Å². The van der Waals surface area contributed by atoms with Crippen molar-refractivity contribution in [3.8, 4) is 16.3 Å². The molecule has 6 heteroatoms. The summed E-state index contributed by atoms with van der Waals surface area (Å²) >= 11 is 1.67. The standard InChI is InChI=1S/C23H25N3O2S/c1-4-28-18-9-7-17(8-10-18)22-24-19-11-12-26(14-21(19)29-22)23(27)25-20-13-15(2)5-6-16(20)3/h5-10,13H,4,11-12,14H2,1-3H3,(H,25,27). The maximum Gasteiger partial charge on any atom is 0.322 e. The third kappa shape index (κ3) is 4.27. The molecule has 1 aliphatic heterocycles. The molecule has 0 fully saturated rings. The highest BCUT2D eigenvalue weighted by molar-refractivity contribution is 7.15. The third-order valence-electron chi connectivity index (χ3n) is 5.07. The highest BCUT2D eigenvalue weighted by atomic mass is 32.1. The van der Waals surface area contributed by atoms with E-state index in [2.05, 4.69) is 11.4 Å². The van der Waals surface area contributed by atoms with Crippen molar-refractivity contribution in [1.29, 1.82) is 0 Å². The molecule has 5 nitrogen and oxygen atoms in total. The predicted octanol–water partition coefficient (Wildman–Crippen LogP) is 5.42. The van der Waals surface area contributed by atoms with Gasteiger partial charge in [0.15, 0.2) is 0 Å². The molecule has 0 unspecified atom stereocenters. The van der Waals surface area contributed by atoms with Gasteiger partial charge < -0.3 is 15.0 Å². The van der Waals surface area contributed by atoms with Crippen molar-refractivity contribution >= 4 is 23.1 Å². The molecule has 0 saturated heterocycles. The predicted molar refractivity (Wildman–Crippen MR) is 118 cm³/mol. The first kappa shape index (κ1) is 19.5. The van der Waals surface area contributed by atoms with E-state index < -0.39 is 0 Å². The van der Waals surface area contributed by atoms with Crippen LogP contribution in [-0.4, -0.2) is 29.1 Å². The van der Waals surface area contributed by atoms with Crippen LogP contribution in [0.1, 0.15) is 28.6 Å². The van der Waals surface area contributed by atoms with Gasteiger partial charge in [0.2, 0.25) is 0 Å². The lowest BCUT2D eigenvalue weighted by Gasteiger charge is -2.26. The van der Waals surface area contributed by atoms with E-state index in [4.69, 9.17) is 9.72 Å². The number of nitrogens with zero attached hydrogens (tertiary/aromatic N) is 2. The van der Waals surface area contributed by atoms with Crippen LogP contribution in [0, 0.1) is 13.8 Å². The minimum Gasteiger partial charge on any atom is -0.494 e. The molecular formula is C23H25N3O2S. The Hall–Kier alpha value is -2.86. The number of rotatable bonds is 4. The second-order valence-electron chi connectivity index (χ2n) is 7.27. The number of amides is 2. The van der Waals surface area contributed by atoms with Gasteiger partial charge in [-0.15, -0.1) is 11.3 Å². The number of aromatic nitrogens is 1. The molecule has 0 aliphatic carbocycles. The summed E-state index contributed by atoms with van der Waals surface area (Å²) in [6.07, 6.45) is 0.781. The van der Waals surface area contributed by atoms with Gasteiger partial charge in [-0.25, -0.2) is 9.78 Å². The zero-order chi connectivity index (χ0) is 20.4. The van der Waals surface area contributed by atoms with Crippen LogP contribution in [0.5, 0.6) is 5.75 Å². The fraction of sp³-hybridized carbons (Fsp3) is 0.304.